The monoisotopic (exact) mass is 193 g/mol. The molecule has 76 valence electrons. The summed E-state index contributed by atoms with van der Waals surface area (Å²) in [6, 6.07) is 3.44. The molecule has 0 aliphatic rings. The highest BCUT2D eigenvalue weighted by Crippen LogP contribution is 2.10. The molecule has 0 aromatic carbocycles. The van der Waals surface area contributed by atoms with Gasteiger partial charge in [0.15, 0.2) is 5.78 Å². The van der Waals surface area contributed by atoms with Crippen LogP contribution in [-0.4, -0.2) is 24.4 Å². The zero-order chi connectivity index (χ0) is 10.4. The number of ketones is 1. The van der Waals surface area contributed by atoms with Crippen molar-refractivity contribution in [2.75, 3.05) is 19.3 Å². The number of aromatic nitrogens is 1. The minimum absolute atomic E-state index is 0.0610. The third-order valence-electron chi connectivity index (χ3n) is 1.97. The van der Waals surface area contributed by atoms with Crippen molar-refractivity contribution in [1.82, 2.24) is 10.3 Å². The van der Waals surface area contributed by atoms with Gasteiger partial charge in [-0.2, -0.15) is 0 Å². The summed E-state index contributed by atoms with van der Waals surface area (Å²) in [5, 5.41) is 2.99. The Hall–Kier alpha value is -1.42. The molecular formula is C10H15N3O. The predicted octanol–water partition coefficient (Wildman–Crippen LogP) is 0.846. The quantitative estimate of drug-likeness (QED) is 0.537. The molecule has 0 unspecified atom stereocenters. The number of anilines is 1. The van der Waals surface area contributed by atoms with E-state index in [1.807, 2.05) is 7.05 Å². The second-order valence-corrected chi connectivity index (χ2v) is 3.07. The van der Waals surface area contributed by atoms with E-state index in [-0.39, 0.29) is 5.78 Å². The topological polar surface area (TPSA) is 68.0 Å². The summed E-state index contributed by atoms with van der Waals surface area (Å²) in [6.45, 7) is 0.839. The summed E-state index contributed by atoms with van der Waals surface area (Å²) < 4.78 is 0. The van der Waals surface area contributed by atoms with Gasteiger partial charge in [0.25, 0.3) is 0 Å². The highest BCUT2D eigenvalue weighted by atomic mass is 16.1. The molecule has 0 atom stereocenters. The Morgan fingerprint density at radius 1 is 1.64 bits per heavy atom. The van der Waals surface area contributed by atoms with Crippen molar-refractivity contribution in [3.05, 3.63) is 23.9 Å². The summed E-state index contributed by atoms with van der Waals surface area (Å²) in [7, 11) is 1.86. The molecule has 3 N–H and O–H groups in total. The normalized spacial score (nSPS) is 10.1. The molecule has 1 aromatic heterocycles. The molecule has 0 aliphatic heterocycles. The number of nitrogens with zero attached hydrogens (tertiary/aromatic N) is 1. The number of Topliss-reactive ketones (excluding diaryl/α,β-unsaturated/α-hetero) is 1. The van der Waals surface area contributed by atoms with Crippen molar-refractivity contribution in [3.8, 4) is 0 Å². The largest absolute Gasteiger partial charge is 0.383 e. The van der Waals surface area contributed by atoms with Crippen molar-refractivity contribution < 1.29 is 4.79 Å². The van der Waals surface area contributed by atoms with Gasteiger partial charge in [-0.25, -0.2) is 4.98 Å². The summed E-state index contributed by atoms with van der Waals surface area (Å²) in [6.07, 6.45) is 2.92. The van der Waals surface area contributed by atoms with Gasteiger partial charge in [-0.3, -0.25) is 4.79 Å². The Balaban J connectivity index is 2.56. The van der Waals surface area contributed by atoms with Crippen LogP contribution in [0.2, 0.25) is 0 Å². The first-order valence-corrected chi connectivity index (χ1v) is 4.64. The Labute approximate surface area is 83.5 Å². The van der Waals surface area contributed by atoms with Crippen molar-refractivity contribution in [1.29, 1.82) is 0 Å². The van der Waals surface area contributed by atoms with Crippen LogP contribution >= 0.6 is 0 Å². The molecule has 0 fully saturated rings. The minimum atomic E-state index is 0.0610. The van der Waals surface area contributed by atoms with E-state index in [0.29, 0.717) is 17.8 Å². The molecule has 4 nitrogen and oxygen atoms in total. The average molecular weight is 193 g/mol. The lowest BCUT2D eigenvalue weighted by atomic mass is 10.1. The lowest BCUT2D eigenvalue weighted by Gasteiger charge is -2.02. The zero-order valence-corrected chi connectivity index (χ0v) is 8.29. The molecule has 1 aromatic rings. The van der Waals surface area contributed by atoms with Crippen LogP contribution < -0.4 is 11.1 Å². The molecule has 4 heteroatoms. The molecule has 0 amide bonds. The maximum atomic E-state index is 11.6. The van der Waals surface area contributed by atoms with Gasteiger partial charge >= 0.3 is 0 Å². The second kappa shape index (κ2) is 5.34. The molecule has 0 radical (unpaired) electrons. The number of carbonyl (C=O) groups is 1. The molecule has 0 bridgehead atoms. The Morgan fingerprint density at radius 2 is 2.43 bits per heavy atom. The van der Waals surface area contributed by atoms with Crippen molar-refractivity contribution in [3.63, 3.8) is 0 Å². The van der Waals surface area contributed by atoms with Gasteiger partial charge in [-0.1, -0.05) is 0 Å². The first-order valence-electron chi connectivity index (χ1n) is 4.64. The van der Waals surface area contributed by atoms with Crippen LogP contribution in [0.1, 0.15) is 23.2 Å². The van der Waals surface area contributed by atoms with E-state index in [1.165, 1.54) is 0 Å². The standard InChI is InChI=1S/C10H15N3O/c1-12-6-3-5-9(14)8-4-2-7-13-10(8)11/h2,4,7,12H,3,5-6H2,1H3,(H2,11,13). The Kier molecular flexibility index (Phi) is 4.07. The van der Waals surface area contributed by atoms with Gasteiger partial charge in [-0.15, -0.1) is 0 Å². The maximum Gasteiger partial charge on any atom is 0.166 e. The van der Waals surface area contributed by atoms with Gasteiger partial charge in [0.1, 0.15) is 5.82 Å². The van der Waals surface area contributed by atoms with Crippen LogP contribution in [-0.2, 0) is 0 Å². The van der Waals surface area contributed by atoms with E-state index < -0.39 is 0 Å². The molecular weight excluding hydrogens is 178 g/mol. The van der Waals surface area contributed by atoms with E-state index in [1.54, 1.807) is 18.3 Å². The van der Waals surface area contributed by atoms with Crippen LogP contribution in [0.15, 0.2) is 18.3 Å². The fourth-order valence-electron chi connectivity index (χ4n) is 1.21. The molecule has 1 rings (SSSR count). The van der Waals surface area contributed by atoms with Gasteiger partial charge in [0.2, 0.25) is 0 Å². The fraction of sp³-hybridized carbons (Fsp3) is 0.400. The third kappa shape index (κ3) is 2.81. The van der Waals surface area contributed by atoms with Crippen molar-refractivity contribution >= 4 is 11.6 Å². The van der Waals surface area contributed by atoms with Crippen LogP contribution in [0.3, 0.4) is 0 Å². The van der Waals surface area contributed by atoms with Gasteiger partial charge in [0.05, 0.1) is 5.56 Å². The van der Waals surface area contributed by atoms with Crippen LogP contribution in [0.25, 0.3) is 0 Å². The number of nitrogens with two attached hydrogens (primary N) is 1. The highest BCUT2D eigenvalue weighted by molar-refractivity contribution is 5.99. The number of pyridine rings is 1. The smallest absolute Gasteiger partial charge is 0.166 e. The number of nitrogen functional groups attached to an aromatic ring is 1. The molecule has 0 aliphatic carbocycles. The molecule has 0 saturated heterocycles. The molecule has 14 heavy (non-hydrogen) atoms. The van der Waals surface area contributed by atoms with Gasteiger partial charge in [-0.05, 0) is 32.1 Å². The third-order valence-corrected chi connectivity index (χ3v) is 1.97. The predicted molar refractivity (Wildman–Crippen MR) is 56.1 cm³/mol. The summed E-state index contributed by atoms with van der Waals surface area (Å²) >= 11 is 0. The SMILES string of the molecule is CNCCCC(=O)c1cccnc1N. The molecule has 1 heterocycles. The first-order chi connectivity index (χ1) is 6.75. The summed E-state index contributed by atoms with van der Waals surface area (Å²) in [5.74, 6) is 0.382. The maximum absolute atomic E-state index is 11.6. The van der Waals surface area contributed by atoms with Gasteiger partial charge in [0, 0.05) is 12.6 Å². The van der Waals surface area contributed by atoms with Crippen LogP contribution in [0.5, 0.6) is 0 Å². The second-order valence-electron chi connectivity index (χ2n) is 3.07. The highest BCUT2D eigenvalue weighted by Gasteiger charge is 2.08. The van der Waals surface area contributed by atoms with Gasteiger partial charge < -0.3 is 11.1 Å². The Bertz CT molecular complexity index is 312. The van der Waals surface area contributed by atoms with E-state index >= 15 is 0 Å². The fourth-order valence-corrected chi connectivity index (χ4v) is 1.21. The molecule has 0 spiro atoms. The zero-order valence-electron chi connectivity index (χ0n) is 8.29. The van der Waals surface area contributed by atoms with E-state index in [9.17, 15) is 4.79 Å². The molecule has 0 saturated carbocycles. The van der Waals surface area contributed by atoms with Crippen LogP contribution in [0, 0.1) is 0 Å². The van der Waals surface area contributed by atoms with E-state index in [4.69, 9.17) is 5.73 Å². The van der Waals surface area contributed by atoms with Crippen molar-refractivity contribution in [2.45, 2.75) is 12.8 Å². The first kappa shape index (κ1) is 10.7. The minimum Gasteiger partial charge on any atom is -0.383 e. The number of hydrogen-bond donors (Lipinski definition) is 2. The lowest BCUT2D eigenvalue weighted by molar-refractivity contribution is 0.0981. The van der Waals surface area contributed by atoms with Crippen molar-refractivity contribution in [2.24, 2.45) is 0 Å². The summed E-state index contributed by atoms with van der Waals surface area (Å²) in [4.78, 5) is 15.5. The van der Waals surface area contributed by atoms with E-state index in [0.717, 1.165) is 13.0 Å². The number of carbonyl (C=O) groups excluding carboxylic acids is 1. The van der Waals surface area contributed by atoms with Crippen LogP contribution in [0.4, 0.5) is 5.82 Å². The average Bonchev–Trinajstić information content (AvgIpc) is 2.18. The van der Waals surface area contributed by atoms with E-state index in [2.05, 4.69) is 10.3 Å². The summed E-state index contributed by atoms with van der Waals surface area (Å²) in [5.41, 5.74) is 6.11. The number of rotatable bonds is 5. The number of hydrogen-bond acceptors (Lipinski definition) is 4. The number of nitrogens with one attached hydrogen (secondary N) is 1. The lowest BCUT2D eigenvalue weighted by Crippen LogP contribution is -2.11. The Morgan fingerprint density at radius 3 is 3.07 bits per heavy atom.